The van der Waals surface area contributed by atoms with Gasteiger partial charge in [0.15, 0.2) is 0 Å². The normalized spacial score (nSPS) is 16.3. The molecule has 1 saturated heterocycles. The second-order valence-corrected chi connectivity index (χ2v) is 8.67. The van der Waals surface area contributed by atoms with Gasteiger partial charge in [-0.3, -0.25) is 9.59 Å². The van der Waals surface area contributed by atoms with Gasteiger partial charge >= 0.3 is 0 Å². The van der Waals surface area contributed by atoms with Crippen LogP contribution in [0.25, 0.3) is 10.8 Å². The minimum absolute atomic E-state index is 0.148. The van der Waals surface area contributed by atoms with Gasteiger partial charge < -0.3 is 10.0 Å². The second-order valence-electron chi connectivity index (χ2n) is 8.67. The summed E-state index contributed by atoms with van der Waals surface area (Å²) in [6.45, 7) is 4.70. The number of aromatic hydroxyl groups is 1. The summed E-state index contributed by atoms with van der Waals surface area (Å²) < 4.78 is 0. The lowest BCUT2D eigenvalue weighted by atomic mass is 9.96. The molecule has 0 saturated carbocycles. The fraction of sp³-hybridized carbons (Fsp3) is 0.296. The number of rotatable bonds is 5. The number of phenols is 1. The molecule has 3 aromatic carbocycles. The molecule has 1 atom stereocenters. The zero-order valence-electron chi connectivity index (χ0n) is 19.0. The highest BCUT2D eigenvalue weighted by Gasteiger charge is 2.23. The molecule has 2 N–H and O–H groups in total. The van der Waals surface area contributed by atoms with Crippen LogP contribution in [0, 0.1) is 6.92 Å². The van der Waals surface area contributed by atoms with E-state index in [1.807, 2.05) is 41.3 Å². The van der Waals surface area contributed by atoms with Crippen LogP contribution in [-0.4, -0.2) is 40.6 Å². The zero-order valence-corrected chi connectivity index (χ0v) is 19.0. The molecule has 0 bridgehead atoms. The summed E-state index contributed by atoms with van der Waals surface area (Å²) in [7, 11) is 0. The molecule has 0 radical (unpaired) electrons. The first-order valence-electron chi connectivity index (χ1n) is 11.4. The Morgan fingerprint density at radius 2 is 1.91 bits per heavy atom. The number of phenolic OH excluding ortho intramolecular Hbond substituents is 1. The highest BCUT2D eigenvalue weighted by atomic mass is 16.3. The number of likely N-dealkylation sites (tertiary alicyclic amines) is 1. The van der Waals surface area contributed by atoms with E-state index in [1.54, 1.807) is 25.3 Å². The van der Waals surface area contributed by atoms with E-state index in [4.69, 9.17) is 0 Å². The molecule has 1 heterocycles. The average molecular weight is 444 g/mol. The van der Waals surface area contributed by atoms with Gasteiger partial charge in [-0.2, -0.15) is 5.10 Å². The fourth-order valence-electron chi connectivity index (χ4n) is 4.41. The van der Waals surface area contributed by atoms with Crippen LogP contribution in [0.3, 0.4) is 0 Å². The summed E-state index contributed by atoms with van der Waals surface area (Å²) in [6, 6.07) is 16.8. The minimum atomic E-state index is -0.350. The summed E-state index contributed by atoms with van der Waals surface area (Å²) in [5, 5.41) is 15.8. The van der Waals surface area contributed by atoms with E-state index in [1.165, 1.54) is 12.5 Å². The summed E-state index contributed by atoms with van der Waals surface area (Å²) in [5.74, 6) is -0.0309. The van der Waals surface area contributed by atoms with Gasteiger partial charge in [0, 0.05) is 23.7 Å². The summed E-state index contributed by atoms with van der Waals surface area (Å²) in [5.41, 5.74) is 5.44. The van der Waals surface area contributed by atoms with Crippen LogP contribution in [0.5, 0.6) is 5.75 Å². The minimum Gasteiger partial charge on any atom is -0.508 e. The van der Waals surface area contributed by atoms with Crippen LogP contribution in [0.15, 0.2) is 59.7 Å². The van der Waals surface area contributed by atoms with E-state index >= 15 is 0 Å². The number of hydrazone groups is 1. The molecule has 3 aromatic rings. The Labute approximate surface area is 193 Å². The van der Waals surface area contributed by atoms with E-state index in [9.17, 15) is 14.7 Å². The van der Waals surface area contributed by atoms with Gasteiger partial charge in [-0.15, -0.1) is 0 Å². The quantitative estimate of drug-likeness (QED) is 0.448. The van der Waals surface area contributed by atoms with Crippen LogP contribution < -0.4 is 5.43 Å². The Hall–Kier alpha value is -3.67. The number of hydrogen-bond donors (Lipinski definition) is 2. The third-order valence-corrected chi connectivity index (χ3v) is 6.34. The van der Waals surface area contributed by atoms with Gasteiger partial charge in [-0.25, -0.2) is 5.43 Å². The molecule has 4 rings (SSSR count). The maximum Gasteiger partial charge on any atom is 0.271 e. The SMILES string of the molecule is Cc1cc(C(=O)N/N=C/c2ccc(CC(=O)N3CCCCC3C)c3ccccc23)ccc1O. The highest BCUT2D eigenvalue weighted by molar-refractivity contribution is 6.03. The molecule has 0 aromatic heterocycles. The molecular formula is C27H29N3O3. The number of nitrogens with zero attached hydrogens (tertiary/aromatic N) is 2. The molecule has 6 nitrogen and oxygen atoms in total. The van der Waals surface area contributed by atoms with E-state index in [0.717, 1.165) is 41.3 Å². The summed E-state index contributed by atoms with van der Waals surface area (Å²) in [4.78, 5) is 27.3. The van der Waals surface area contributed by atoms with Gasteiger partial charge in [0.1, 0.15) is 5.75 Å². The van der Waals surface area contributed by atoms with Crippen LogP contribution in [0.2, 0.25) is 0 Å². The standard InChI is InChI=1S/C27H29N3O3/c1-18-15-21(12-13-25(18)31)27(33)29-28-17-22-11-10-20(23-8-3-4-9-24(22)23)16-26(32)30-14-6-5-7-19(30)2/h3-4,8-13,15,17,19,31H,5-7,14,16H2,1-2H3,(H,29,33)/b28-17+. The first-order chi connectivity index (χ1) is 15.9. The first-order valence-corrected chi connectivity index (χ1v) is 11.4. The molecule has 1 aliphatic rings. The highest BCUT2D eigenvalue weighted by Crippen LogP contribution is 2.24. The zero-order chi connectivity index (χ0) is 23.4. The van der Waals surface area contributed by atoms with Crippen molar-refractivity contribution in [3.8, 4) is 5.75 Å². The van der Waals surface area contributed by atoms with Crippen LogP contribution in [-0.2, 0) is 11.2 Å². The molecule has 1 unspecified atom stereocenters. The number of benzene rings is 3. The van der Waals surface area contributed by atoms with Crippen LogP contribution in [0.4, 0.5) is 0 Å². The predicted octanol–water partition coefficient (Wildman–Crippen LogP) is 4.56. The number of hydrogen-bond acceptors (Lipinski definition) is 4. The number of nitrogens with one attached hydrogen (secondary N) is 1. The molecule has 1 aliphatic heterocycles. The fourth-order valence-corrected chi connectivity index (χ4v) is 4.41. The van der Waals surface area contributed by atoms with Gasteiger partial charge in [0.05, 0.1) is 12.6 Å². The predicted molar refractivity (Wildman–Crippen MR) is 131 cm³/mol. The molecule has 170 valence electrons. The maximum atomic E-state index is 13.0. The Balaban J connectivity index is 1.51. The van der Waals surface area contributed by atoms with Crippen molar-refractivity contribution < 1.29 is 14.7 Å². The molecule has 0 aliphatic carbocycles. The number of piperidine rings is 1. The van der Waals surface area contributed by atoms with E-state index in [2.05, 4.69) is 17.5 Å². The summed E-state index contributed by atoms with van der Waals surface area (Å²) >= 11 is 0. The lowest BCUT2D eigenvalue weighted by Crippen LogP contribution is -2.42. The van der Waals surface area contributed by atoms with Crippen molar-refractivity contribution in [1.29, 1.82) is 0 Å². The first kappa shape index (κ1) is 22.5. The molecular weight excluding hydrogens is 414 g/mol. The van der Waals surface area contributed by atoms with E-state index < -0.39 is 0 Å². The third kappa shape index (κ3) is 5.06. The molecule has 0 spiro atoms. The molecule has 33 heavy (non-hydrogen) atoms. The van der Waals surface area contributed by atoms with Crippen molar-refractivity contribution in [2.45, 2.75) is 45.6 Å². The number of amides is 2. The van der Waals surface area contributed by atoms with Gasteiger partial charge in [0.25, 0.3) is 5.91 Å². The van der Waals surface area contributed by atoms with E-state index in [0.29, 0.717) is 23.6 Å². The lowest BCUT2D eigenvalue weighted by molar-refractivity contribution is -0.133. The Morgan fingerprint density at radius 1 is 1.12 bits per heavy atom. The molecule has 2 amide bonds. The summed E-state index contributed by atoms with van der Waals surface area (Å²) in [6.07, 6.45) is 5.31. The Morgan fingerprint density at radius 3 is 2.67 bits per heavy atom. The van der Waals surface area contributed by atoms with Gasteiger partial charge in [-0.1, -0.05) is 36.4 Å². The van der Waals surface area contributed by atoms with E-state index in [-0.39, 0.29) is 17.6 Å². The second kappa shape index (κ2) is 9.86. The number of carbonyl (C=O) groups excluding carboxylic acids is 2. The number of carbonyl (C=O) groups is 2. The number of aryl methyl sites for hydroxylation is 1. The maximum absolute atomic E-state index is 13.0. The monoisotopic (exact) mass is 443 g/mol. The smallest absolute Gasteiger partial charge is 0.271 e. The van der Waals surface area contributed by atoms with Crippen molar-refractivity contribution in [2.75, 3.05) is 6.54 Å². The largest absolute Gasteiger partial charge is 0.508 e. The topological polar surface area (TPSA) is 82.0 Å². The van der Waals surface area contributed by atoms with Gasteiger partial charge in [-0.05, 0) is 73.2 Å². The Kier molecular flexibility index (Phi) is 6.73. The van der Waals surface area contributed by atoms with Crippen molar-refractivity contribution >= 4 is 28.8 Å². The Bertz CT molecular complexity index is 1220. The molecule has 6 heteroatoms. The van der Waals surface area contributed by atoms with Gasteiger partial charge in [0.2, 0.25) is 5.91 Å². The molecule has 1 fully saturated rings. The van der Waals surface area contributed by atoms with Crippen LogP contribution >= 0.6 is 0 Å². The van der Waals surface area contributed by atoms with Crippen LogP contribution in [0.1, 0.15) is 53.2 Å². The third-order valence-electron chi connectivity index (χ3n) is 6.34. The van der Waals surface area contributed by atoms with Crippen molar-refractivity contribution in [2.24, 2.45) is 5.10 Å². The van der Waals surface area contributed by atoms with Crippen molar-refractivity contribution in [3.05, 3.63) is 76.9 Å². The lowest BCUT2D eigenvalue weighted by Gasteiger charge is -2.33. The average Bonchev–Trinajstić information content (AvgIpc) is 2.82. The van der Waals surface area contributed by atoms with Crippen molar-refractivity contribution in [3.63, 3.8) is 0 Å². The van der Waals surface area contributed by atoms with Crippen molar-refractivity contribution in [1.82, 2.24) is 10.3 Å². The number of fused-ring (bicyclic) bond motifs is 1.